The summed E-state index contributed by atoms with van der Waals surface area (Å²) in [6.45, 7) is 2.16. The molecule has 3 nitrogen and oxygen atoms in total. The van der Waals surface area contributed by atoms with E-state index in [1.807, 2.05) is 18.3 Å². The van der Waals surface area contributed by atoms with Crippen molar-refractivity contribution in [2.45, 2.75) is 38.3 Å². The van der Waals surface area contributed by atoms with E-state index in [9.17, 15) is 0 Å². The molecule has 0 saturated carbocycles. The first-order valence-corrected chi connectivity index (χ1v) is 6.58. The Bertz CT molecular complexity index is 506. The van der Waals surface area contributed by atoms with Crippen LogP contribution in [-0.2, 0) is 6.42 Å². The third-order valence-electron chi connectivity index (χ3n) is 3.63. The zero-order chi connectivity index (χ0) is 12.4. The number of hydrogen-bond acceptors (Lipinski definition) is 3. The van der Waals surface area contributed by atoms with E-state index in [4.69, 9.17) is 4.42 Å². The van der Waals surface area contributed by atoms with Crippen LogP contribution in [0.2, 0.25) is 0 Å². The average Bonchev–Trinajstić information content (AvgIpc) is 2.89. The molecule has 1 unspecified atom stereocenters. The summed E-state index contributed by atoms with van der Waals surface area (Å²) in [5.41, 5.74) is 2.41. The van der Waals surface area contributed by atoms with E-state index < -0.39 is 0 Å². The molecule has 1 aliphatic rings. The Morgan fingerprint density at radius 2 is 2.33 bits per heavy atom. The summed E-state index contributed by atoms with van der Waals surface area (Å²) in [6.07, 6.45) is 7.07. The van der Waals surface area contributed by atoms with Crippen LogP contribution in [0.25, 0.3) is 0 Å². The molecule has 2 aromatic heterocycles. The first-order chi connectivity index (χ1) is 8.84. The Morgan fingerprint density at radius 1 is 1.39 bits per heavy atom. The fraction of sp³-hybridized carbons (Fsp3) is 0.400. The maximum absolute atomic E-state index is 5.52. The minimum absolute atomic E-state index is 0.261. The van der Waals surface area contributed by atoms with Crippen LogP contribution in [0.3, 0.4) is 0 Å². The van der Waals surface area contributed by atoms with Gasteiger partial charge in [-0.05, 0) is 38.0 Å². The number of pyridine rings is 1. The third-order valence-corrected chi connectivity index (χ3v) is 3.63. The van der Waals surface area contributed by atoms with Gasteiger partial charge < -0.3 is 9.73 Å². The van der Waals surface area contributed by atoms with Crippen molar-refractivity contribution in [1.29, 1.82) is 0 Å². The summed E-state index contributed by atoms with van der Waals surface area (Å²) >= 11 is 0. The van der Waals surface area contributed by atoms with Crippen molar-refractivity contribution in [2.75, 3.05) is 0 Å². The summed E-state index contributed by atoms with van der Waals surface area (Å²) in [6, 6.07) is 8.80. The molecule has 0 bridgehead atoms. The van der Waals surface area contributed by atoms with Gasteiger partial charge in [-0.25, -0.2) is 0 Å². The number of hydrogen-bond donors (Lipinski definition) is 1. The Morgan fingerprint density at radius 3 is 3.17 bits per heavy atom. The lowest BCUT2D eigenvalue weighted by Gasteiger charge is -2.26. The highest BCUT2D eigenvalue weighted by Crippen LogP contribution is 2.32. The monoisotopic (exact) mass is 242 g/mol. The van der Waals surface area contributed by atoms with Crippen molar-refractivity contribution < 1.29 is 4.42 Å². The second kappa shape index (κ2) is 4.94. The van der Waals surface area contributed by atoms with Gasteiger partial charge >= 0.3 is 0 Å². The molecule has 0 spiro atoms. The Labute approximate surface area is 107 Å². The molecule has 2 aromatic rings. The third kappa shape index (κ3) is 2.18. The second-order valence-corrected chi connectivity index (χ2v) is 4.89. The number of aromatic nitrogens is 1. The highest BCUT2D eigenvalue weighted by molar-refractivity contribution is 5.24. The van der Waals surface area contributed by atoms with Crippen LogP contribution in [0.1, 0.15) is 48.9 Å². The number of fused-ring (bicyclic) bond motifs is 1. The first-order valence-electron chi connectivity index (χ1n) is 6.58. The quantitative estimate of drug-likeness (QED) is 0.896. The molecule has 0 amide bonds. The standard InChI is InChI=1S/C15H18N2O/c1-11(13-5-2-3-9-16-13)17-14-6-4-7-15-12(14)8-10-18-15/h2-3,5,8-11,14,17H,4,6-7H2,1H3/t11-,14?/m0/s1. The van der Waals surface area contributed by atoms with Crippen molar-refractivity contribution >= 4 is 0 Å². The minimum Gasteiger partial charge on any atom is -0.469 e. The fourth-order valence-electron chi connectivity index (χ4n) is 2.68. The number of nitrogens with one attached hydrogen (secondary N) is 1. The van der Waals surface area contributed by atoms with E-state index in [2.05, 4.69) is 29.4 Å². The van der Waals surface area contributed by atoms with Gasteiger partial charge in [-0.1, -0.05) is 6.07 Å². The lowest BCUT2D eigenvalue weighted by molar-refractivity contribution is 0.383. The maximum Gasteiger partial charge on any atom is 0.108 e. The van der Waals surface area contributed by atoms with Crippen molar-refractivity contribution in [3.05, 3.63) is 53.7 Å². The molecule has 0 fully saturated rings. The van der Waals surface area contributed by atoms with E-state index in [-0.39, 0.29) is 6.04 Å². The SMILES string of the molecule is C[C@H](NC1CCCc2occc21)c1ccccn1. The number of aryl methyl sites for hydroxylation is 1. The van der Waals surface area contributed by atoms with Crippen molar-refractivity contribution in [1.82, 2.24) is 10.3 Å². The minimum atomic E-state index is 0.261. The van der Waals surface area contributed by atoms with Crippen LogP contribution in [0.4, 0.5) is 0 Å². The number of nitrogens with zero attached hydrogens (tertiary/aromatic N) is 1. The summed E-state index contributed by atoms with van der Waals surface area (Å²) < 4.78 is 5.52. The first kappa shape index (κ1) is 11.5. The van der Waals surface area contributed by atoms with E-state index in [1.165, 1.54) is 18.4 Å². The van der Waals surface area contributed by atoms with E-state index in [0.29, 0.717) is 6.04 Å². The normalized spacial score (nSPS) is 20.4. The predicted molar refractivity (Wildman–Crippen MR) is 70.2 cm³/mol. The zero-order valence-electron chi connectivity index (χ0n) is 10.6. The summed E-state index contributed by atoms with van der Waals surface area (Å²) in [5.74, 6) is 1.15. The molecule has 2 atom stereocenters. The lowest BCUT2D eigenvalue weighted by Crippen LogP contribution is -2.27. The van der Waals surface area contributed by atoms with Crippen LogP contribution < -0.4 is 5.32 Å². The van der Waals surface area contributed by atoms with Crippen LogP contribution in [-0.4, -0.2) is 4.98 Å². The highest BCUT2D eigenvalue weighted by atomic mass is 16.3. The van der Waals surface area contributed by atoms with E-state index >= 15 is 0 Å². The molecule has 0 aliphatic heterocycles. The summed E-state index contributed by atoms with van der Waals surface area (Å²) in [5, 5.41) is 3.65. The van der Waals surface area contributed by atoms with Gasteiger partial charge in [0.2, 0.25) is 0 Å². The number of furan rings is 1. The van der Waals surface area contributed by atoms with Gasteiger partial charge in [0.1, 0.15) is 5.76 Å². The van der Waals surface area contributed by atoms with Gasteiger partial charge in [-0.15, -0.1) is 0 Å². The van der Waals surface area contributed by atoms with Gasteiger partial charge in [-0.3, -0.25) is 4.98 Å². The number of rotatable bonds is 3. The van der Waals surface area contributed by atoms with Gasteiger partial charge in [0.15, 0.2) is 0 Å². The average molecular weight is 242 g/mol. The zero-order valence-corrected chi connectivity index (χ0v) is 10.6. The Kier molecular flexibility index (Phi) is 3.15. The molecule has 1 N–H and O–H groups in total. The van der Waals surface area contributed by atoms with Gasteiger partial charge in [0.25, 0.3) is 0 Å². The summed E-state index contributed by atoms with van der Waals surface area (Å²) in [4.78, 5) is 4.40. The molecular weight excluding hydrogens is 224 g/mol. The van der Waals surface area contributed by atoms with Crippen LogP contribution in [0, 0.1) is 0 Å². The largest absolute Gasteiger partial charge is 0.469 e. The van der Waals surface area contributed by atoms with E-state index in [1.54, 1.807) is 6.26 Å². The smallest absolute Gasteiger partial charge is 0.108 e. The van der Waals surface area contributed by atoms with Crippen LogP contribution in [0.15, 0.2) is 41.1 Å². The van der Waals surface area contributed by atoms with Gasteiger partial charge in [-0.2, -0.15) is 0 Å². The lowest BCUT2D eigenvalue weighted by atomic mass is 9.92. The molecule has 0 radical (unpaired) electrons. The highest BCUT2D eigenvalue weighted by Gasteiger charge is 2.24. The topological polar surface area (TPSA) is 38.1 Å². The van der Waals surface area contributed by atoms with Gasteiger partial charge in [0.05, 0.1) is 12.0 Å². The summed E-state index contributed by atoms with van der Waals surface area (Å²) in [7, 11) is 0. The molecule has 18 heavy (non-hydrogen) atoms. The van der Waals surface area contributed by atoms with Crippen LogP contribution >= 0.6 is 0 Å². The molecule has 0 aromatic carbocycles. The molecule has 3 rings (SSSR count). The van der Waals surface area contributed by atoms with Crippen molar-refractivity contribution in [3.8, 4) is 0 Å². The van der Waals surface area contributed by atoms with E-state index in [0.717, 1.165) is 17.9 Å². The Balaban J connectivity index is 1.75. The van der Waals surface area contributed by atoms with Crippen LogP contribution in [0.5, 0.6) is 0 Å². The van der Waals surface area contributed by atoms with Gasteiger partial charge in [0, 0.05) is 30.3 Å². The van der Waals surface area contributed by atoms with Crippen molar-refractivity contribution in [3.63, 3.8) is 0 Å². The van der Waals surface area contributed by atoms with Crippen molar-refractivity contribution in [2.24, 2.45) is 0 Å². The molecule has 0 saturated heterocycles. The maximum atomic E-state index is 5.52. The predicted octanol–water partition coefficient (Wildman–Crippen LogP) is 3.40. The molecule has 3 heteroatoms. The Hall–Kier alpha value is -1.61. The molecular formula is C15H18N2O. The molecule has 1 aliphatic carbocycles. The fourth-order valence-corrected chi connectivity index (χ4v) is 2.68. The molecule has 2 heterocycles. The second-order valence-electron chi connectivity index (χ2n) is 4.89. The molecule has 94 valence electrons.